The normalized spacial score (nSPS) is 14.1. The predicted molar refractivity (Wildman–Crippen MR) is 123 cm³/mol. The topological polar surface area (TPSA) is 93.3 Å². The molecule has 2 aromatic carbocycles. The van der Waals surface area contributed by atoms with Crippen molar-refractivity contribution in [2.75, 3.05) is 5.32 Å². The number of carbonyl (C=O) groups excluding carboxylic acids is 1. The van der Waals surface area contributed by atoms with Gasteiger partial charge in [-0.15, -0.1) is 0 Å². The molecule has 0 bridgehead atoms. The molecular weight excluding hydrogens is 485 g/mol. The predicted octanol–water partition coefficient (Wildman–Crippen LogP) is 5.94. The number of carboxylic acids is 1. The van der Waals surface area contributed by atoms with E-state index in [2.05, 4.69) is 5.32 Å². The summed E-state index contributed by atoms with van der Waals surface area (Å²) in [7, 11) is 0. The maximum absolute atomic E-state index is 14.7. The first-order valence-corrected chi connectivity index (χ1v) is 11.2. The molecule has 1 atom stereocenters. The number of amides is 1. The number of carbonyl (C=O) groups is 2. The van der Waals surface area contributed by atoms with Gasteiger partial charge in [0.25, 0.3) is 6.43 Å². The molecule has 1 saturated carbocycles. The quantitative estimate of drug-likeness (QED) is 0.293. The third kappa shape index (κ3) is 5.40. The number of hydrogen-bond donors (Lipinski definition) is 2. The smallest absolute Gasteiger partial charge is 0.335 e. The van der Waals surface area contributed by atoms with Gasteiger partial charge in [0.2, 0.25) is 11.6 Å². The average Bonchev–Trinajstić information content (AvgIpc) is 3.64. The summed E-state index contributed by atoms with van der Waals surface area (Å²) in [6.45, 7) is 0. The Bertz CT molecular complexity index is 1280. The van der Waals surface area contributed by atoms with Crippen LogP contribution in [-0.2, 0) is 4.79 Å². The summed E-state index contributed by atoms with van der Waals surface area (Å²) in [5, 5.41) is 24.3. The van der Waals surface area contributed by atoms with E-state index < -0.39 is 41.2 Å². The van der Waals surface area contributed by atoms with Crippen molar-refractivity contribution in [1.82, 2.24) is 0 Å². The third-order valence-corrected chi connectivity index (χ3v) is 6.23. The molecule has 2 N–H and O–H groups in total. The average molecular weight is 505 g/mol. The molecule has 0 saturated heterocycles. The summed E-state index contributed by atoms with van der Waals surface area (Å²) in [6.07, 6.45) is 0.204. The van der Waals surface area contributed by atoms with Gasteiger partial charge in [0.05, 0.1) is 16.1 Å². The zero-order valence-corrected chi connectivity index (χ0v) is 18.9. The number of nitrogens with one attached hydrogen (secondary N) is 1. The summed E-state index contributed by atoms with van der Waals surface area (Å²) in [5.41, 5.74) is -0.656. The van der Waals surface area contributed by atoms with Crippen LogP contribution >= 0.6 is 11.6 Å². The van der Waals surface area contributed by atoms with Crippen molar-refractivity contribution < 1.29 is 32.6 Å². The first-order valence-electron chi connectivity index (χ1n) is 10.8. The second kappa shape index (κ2) is 9.95. The van der Waals surface area contributed by atoms with Gasteiger partial charge in [0.1, 0.15) is 11.7 Å². The Labute approximate surface area is 203 Å². The molecule has 1 heterocycles. The number of benzene rings is 2. The number of halogens is 4. The molecule has 0 unspecified atom stereocenters. The minimum atomic E-state index is -2.99. The molecule has 35 heavy (non-hydrogen) atoms. The Hall–Kier alpha value is -3.59. The van der Waals surface area contributed by atoms with Gasteiger partial charge < -0.3 is 15.6 Å². The number of carboxylic acid groups (broad SMARTS) is 1. The molecule has 0 aliphatic heterocycles. The van der Waals surface area contributed by atoms with Gasteiger partial charge in [-0.2, -0.15) is 4.73 Å². The van der Waals surface area contributed by atoms with Crippen LogP contribution in [0, 0.1) is 16.9 Å². The molecular formula is C25H20ClF3N2O4. The van der Waals surface area contributed by atoms with Gasteiger partial charge in [-0.25, -0.2) is 18.0 Å². The second-order valence-corrected chi connectivity index (χ2v) is 8.81. The van der Waals surface area contributed by atoms with Crippen LogP contribution in [0.1, 0.15) is 53.2 Å². The number of aromatic nitrogens is 1. The fraction of sp³-hybridized carbons (Fsp3) is 0.240. The van der Waals surface area contributed by atoms with Crippen LogP contribution < -0.4 is 10.0 Å². The Balaban J connectivity index is 1.65. The van der Waals surface area contributed by atoms with Crippen LogP contribution in [0.4, 0.5) is 18.9 Å². The fourth-order valence-electron chi connectivity index (χ4n) is 3.93. The SMILES string of the molecule is O=C(O)c1ccc(NC(=O)[C@H](CC2CC2)c2ccc(-c3c(C(F)F)ccc(Cl)c3F)c[n+]2[O-])cc1. The number of aromatic carboxylic acids is 1. The molecule has 0 spiro atoms. The molecule has 1 fully saturated rings. The van der Waals surface area contributed by atoms with Crippen LogP contribution in [-0.4, -0.2) is 17.0 Å². The number of pyridine rings is 1. The lowest BCUT2D eigenvalue weighted by atomic mass is 9.94. The van der Waals surface area contributed by atoms with Gasteiger partial charge in [0.15, 0.2) is 6.20 Å². The molecule has 3 aromatic rings. The summed E-state index contributed by atoms with van der Waals surface area (Å²) < 4.78 is 42.0. The van der Waals surface area contributed by atoms with E-state index in [4.69, 9.17) is 16.7 Å². The largest absolute Gasteiger partial charge is 0.618 e. The highest BCUT2D eigenvalue weighted by Gasteiger charge is 2.35. The molecule has 1 aliphatic rings. The van der Waals surface area contributed by atoms with E-state index in [1.54, 1.807) is 0 Å². The second-order valence-electron chi connectivity index (χ2n) is 8.40. The maximum atomic E-state index is 14.7. The van der Waals surface area contributed by atoms with Crippen LogP contribution in [0.25, 0.3) is 11.1 Å². The van der Waals surface area contributed by atoms with Crippen LogP contribution in [0.3, 0.4) is 0 Å². The maximum Gasteiger partial charge on any atom is 0.335 e. The van der Waals surface area contributed by atoms with Crippen LogP contribution in [0.15, 0.2) is 54.7 Å². The Kier molecular flexibility index (Phi) is 6.98. The van der Waals surface area contributed by atoms with Crippen LogP contribution in [0.2, 0.25) is 5.02 Å². The fourth-order valence-corrected chi connectivity index (χ4v) is 4.08. The first-order chi connectivity index (χ1) is 16.7. The standard InChI is InChI=1S/C25H20ClF3N2O4/c26-19-9-8-17(23(28)29)21(22(19)27)15-5-10-20(31(35)12-15)18(11-13-1-2-13)24(32)30-16-6-3-14(4-7-16)25(33)34/h3-10,12-13,18,23H,1-2,11H2,(H,30,32)(H,33,34)/t18-/m1/s1. The zero-order valence-electron chi connectivity index (χ0n) is 18.2. The number of alkyl halides is 2. The first kappa shape index (κ1) is 24.5. The Morgan fingerprint density at radius 1 is 1.11 bits per heavy atom. The van der Waals surface area contributed by atoms with E-state index in [9.17, 15) is 28.0 Å². The Morgan fingerprint density at radius 2 is 1.80 bits per heavy atom. The van der Waals surface area contributed by atoms with Gasteiger partial charge in [-0.3, -0.25) is 4.79 Å². The number of anilines is 1. The molecule has 182 valence electrons. The number of nitrogens with zero attached hydrogens (tertiary/aromatic N) is 1. The van der Waals surface area contributed by atoms with Gasteiger partial charge in [-0.05, 0) is 48.7 Å². The summed E-state index contributed by atoms with van der Waals surface area (Å²) in [6, 6.07) is 10.3. The van der Waals surface area contributed by atoms with E-state index in [-0.39, 0.29) is 27.8 Å². The highest BCUT2D eigenvalue weighted by atomic mass is 35.5. The zero-order chi connectivity index (χ0) is 25.3. The van der Waals surface area contributed by atoms with E-state index in [1.165, 1.54) is 36.4 Å². The van der Waals surface area contributed by atoms with Crippen molar-refractivity contribution in [2.45, 2.75) is 31.6 Å². The van der Waals surface area contributed by atoms with Gasteiger partial charge in [-0.1, -0.05) is 30.5 Å². The lowest BCUT2D eigenvalue weighted by molar-refractivity contribution is -0.614. The highest BCUT2D eigenvalue weighted by Crippen LogP contribution is 2.40. The van der Waals surface area contributed by atoms with Crippen molar-refractivity contribution in [1.29, 1.82) is 0 Å². The minimum Gasteiger partial charge on any atom is -0.618 e. The summed E-state index contributed by atoms with van der Waals surface area (Å²) in [5.74, 6) is -3.23. The molecule has 1 aliphatic carbocycles. The van der Waals surface area contributed by atoms with E-state index >= 15 is 0 Å². The van der Waals surface area contributed by atoms with E-state index in [0.29, 0.717) is 16.8 Å². The number of hydrogen-bond acceptors (Lipinski definition) is 3. The van der Waals surface area contributed by atoms with Gasteiger partial charge >= 0.3 is 5.97 Å². The molecule has 1 amide bonds. The lowest BCUT2D eigenvalue weighted by Gasteiger charge is -2.18. The molecule has 4 rings (SSSR count). The van der Waals surface area contributed by atoms with E-state index in [0.717, 1.165) is 31.2 Å². The molecule has 6 nitrogen and oxygen atoms in total. The minimum absolute atomic E-state index is 0.0573. The van der Waals surface area contributed by atoms with Crippen LogP contribution in [0.5, 0.6) is 0 Å². The van der Waals surface area contributed by atoms with Gasteiger partial charge in [0, 0.05) is 22.9 Å². The monoisotopic (exact) mass is 504 g/mol. The summed E-state index contributed by atoms with van der Waals surface area (Å²) >= 11 is 5.78. The number of rotatable bonds is 8. The third-order valence-electron chi connectivity index (χ3n) is 5.93. The molecule has 10 heteroatoms. The van der Waals surface area contributed by atoms with Crippen molar-refractivity contribution >= 4 is 29.2 Å². The molecule has 0 radical (unpaired) electrons. The Morgan fingerprint density at radius 3 is 2.37 bits per heavy atom. The van der Waals surface area contributed by atoms with Crippen molar-refractivity contribution in [3.63, 3.8) is 0 Å². The molecule has 1 aromatic heterocycles. The summed E-state index contributed by atoms with van der Waals surface area (Å²) in [4.78, 5) is 24.1. The van der Waals surface area contributed by atoms with Crippen molar-refractivity contribution in [2.24, 2.45) is 5.92 Å². The van der Waals surface area contributed by atoms with Crippen molar-refractivity contribution in [3.8, 4) is 11.1 Å². The highest BCUT2D eigenvalue weighted by molar-refractivity contribution is 6.31. The van der Waals surface area contributed by atoms with E-state index in [1.807, 2.05) is 0 Å². The van der Waals surface area contributed by atoms with Crippen molar-refractivity contribution in [3.05, 3.63) is 87.6 Å². The lowest BCUT2D eigenvalue weighted by Crippen LogP contribution is -2.37.